The second-order valence-corrected chi connectivity index (χ2v) is 7.29. The topological polar surface area (TPSA) is 77.1 Å². The third kappa shape index (κ3) is 3.94. The van der Waals surface area contributed by atoms with Gasteiger partial charge in [-0.25, -0.2) is 13.1 Å². The number of rotatable bonds is 6. The number of benzene rings is 1. The van der Waals surface area contributed by atoms with Crippen LogP contribution in [0.15, 0.2) is 45.9 Å². The van der Waals surface area contributed by atoms with Gasteiger partial charge in [-0.1, -0.05) is 28.1 Å². The molecule has 21 heavy (non-hydrogen) atoms. The van der Waals surface area contributed by atoms with Crippen molar-refractivity contribution in [3.05, 3.63) is 52.3 Å². The Labute approximate surface area is 133 Å². The van der Waals surface area contributed by atoms with Crippen LogP contribution >= 0.6 is 15.9 Å². The van der Waals surface area contributed by atoms with Crippen molar-refractivity contribution in [3.63, 3.8) is 0 Å². The summed E-state index contributed by atoms with van der Waals surface area (Å²) in [6, 6.07) is 9.12. The summed E-state index contributed by atoms with van der Waals surface area (Å²) in [5, 5.41) is 0. The summed E-state index contributed by atoms with van der Waals surface area (Å²) < 4.78 is 30.0. The number of nitrogens with zero attached hydrogens (tertiary/aromatic N) is 1. The first-order valence-electron chi connectivity index (χ1n) is 6.59. The van der Waals surface area contributed by atoms with E-state index < -0.39 is 10.0 Å². The van der Waals surface area contributed by atoms with Gasteiger partial charge in [0.15, 0.2) is 0 Å². The van der Waals surface area contributed by atoms with Crippen LogP contribution in [0.25, 0.3) is 0 Å². The number of aromatic nitrogens is 1. The summed E-state index contributed by atoms with van der Waals surface area (Å²) in [6.45, 7) is 3.21. The Morgan fingerprint density at radius 1 is 1.29 bits per heavy atom. The van der Waals surface area contributed by atoms with Crippen LogP contribution in [0.4, 0.5) is 0 Å². The first-order chi connectivity index (χ1) is 9.96. The molecule has 0 aliphatic heterocycles. The van der Waals surface area contributed by atoms with Crippen molar-refractivity contribution in [1.29, 1.82) is 0 Å². The standard InChI is InChI=1S/C14H18BrN3O2S/c1-2-18-10-14(7-13(18)8-16)21(19,20)17-9-11-3-5-12(15)6-4-11/h3-7,10,17H,2,8-9,16H2,1H3. The molecule has 0 aliphatic carbocycles. The maximum atomic E-state index is 12.3. The predicted octanol–water partition coefficient (Wildman–Crippen LogP) is 2.21. The maximum Gasteiger partial charge on any atom is 0.242 e. The minimum absolute atomic E-state index is 0.252. The number of hydrogen-bond donors (Lipinski definition) is 2. The van der Waals surface area contributed by atoms with Crippen molar-refractivity contribution in [3.8, 4) is 0 Å². The number of nitrogens with one attached hydrogen (secondary N) is 1. The SMILES string of the molecule is CCn1cc(S(=O)(=O)NCc2ccc(Br)cc2)cc1CN. The number of sulfonamides is 1. The smallest absolute Gasteiger partial charge is 0.242 e. The third-order valence-corrected chi connectivity index (χ3v) is 5.10. The predicted molar refractivity (Wildman–Crippen MR) is 86.2 cm³/mol. The lowest BCUT2D eigenvalue weighted by molar-refractivity contribution is 0.581. The van der Waals surface area contributed by atoms with Crippen LogP contribution in [0, 0.1) is 0 Å². The second kappa shape index (κ2) is 6.74. The number of hydrogen-bond acceptors (Lipinski definition) is 3. The number of halogens is 1. The fourth-order valence-corrected chi connectivity index (χ4v) is 3.35. The molecule has 0 amide bonds. The van der Waals surface area contributed by atoms with E-state index in [1.165, 1.54) is 0 Å². The van der Waals surface area contributed by atoms with Gasteiger partial charge in [-0.15, -0.1) is 0 Å². The van der Waals surface area contributed by atoms with Gasteiger partial charge in [0.2, 0.25) is 10.0 Å². The van der Waals surface area contributed by atoms with Crippen molar-refractivity contribution in [2.75, 3.05) is 0 Å². The molecule has 0 saturated heterocycles. The fraction of sp³-hybridized carbons (Fsp3) is 0.286. The number of aryl methyl sites for hydroxylation is 1. The van der Waals surface area contributed by atoms with Crippen LogP contribution in [0.2, 0.25) is 0 Å². The minimum Gasteiger partial charge on any atom is -0.349 e. The molecule has 1 aromatic heterocycles. The molecule has 7 heteroatoms. The first-order valence-corrected chi connectivity index (χ1v) is 8.87. The second-order valence-electron chi connectivity index (χ2n) is 4.61. The zero-order valence-corrected chi connectivity index (χ0v) is 14.1. The van der Waals surface area contributed by atoms with Gasteiger partial charge in [-0.2, -0.15) is 0 Å². The highest BCUT2D eigenvalue weighted by Crippen LogP contribution is 2.15. The molecule has 1 heterocycles. The van der Waals surface area contributed by atoms with Gasteiger partial charge in [0, 0.05) is 36.0 Å². The Hall–Kier alpha value is -1.15. The molecular formula is C14H18BrN3O2S. The third-order valence-electron chi connectivity index (χ3n) is 3.20. The van der Waals surface area contributed by atoms with Gasteiger partial charge >= 0.3 is 0 Å². The normalized spacial score (nSPS) is 11.8. The van der Waals surface area contributed by atoms with Crippen LogP contribution < -0.4 is 10.5 Å². The first kappa shape index (κ1) is 16.2. The Morgan fingerprint density at radius 3 is 2.48 bits per heavy atom. The zero-order chi connectivity index (χ0) is 15.5. The lowest BCUT2D eigenvalue weighted by Crippen LogP contribution is -2.22. The molecule has 0 bridgehead atoms. The molecule has 3 N–H and O–H groups in total. The molecule has 0 atom stereocenters. The van der Waals surface area contributed by atoms with E-state index in [1.807, 2.05) is 35.8 Å². The van der Waals surface area contributed by atoms with Gasteiger partial charge in [0.05, 0.1) is 4.90 Å². The fourth-order valence-electron chi connectivity index (χ4n) is 2.00. The lowest BCUT2D eigenvalue weighted by Gasteiger charge is -2.05. The van der Waals surface area contributed by atoms with E-state index in [9.17, 15) is 8.42 Å². The summed E-state index contributed by atoms with van der Waals surface area (Å²) in [4.78, 5) is 0.252. The molecule has 5 nitrogen and oxygen atoms in total. The van der Waals surface area contributed by atoms with E-state index in [0.717, 1.165) is 15.7 Å². The van der Waals surface area contributed by atoms with Crippen molar-refractivity contribution in [1.82, 2.24) is 9.29 Å². The zero-order valence-electron chi connectivity index (χ0n) is 11.7. The Kier molecular flexibility index (Phi) is 5.21. The summed E-state index contributed by atoms with van der Waals surface area (Å²) in [6.07, 6.45) is 1.62. The molecule has 0 spiro atoms. The minimum atomic E-state index is -3.53. The van der Waals surface area contributed by atoms with Gasteiger partial charge < -0.3 is 10.3 Å². The Balaban J connectivity index is 2.14. The molecule has 1 aromatic carbocycles. The average molecular weight is 372 g/mol. The summed E-state index contributed by atoms with van der Waals surface area (Å²) in [5.74, 6) is 0. The molecule has 2 rings (SSSR count). The Bertz CT molecular complexity index is 687. The van der Waals surface area contributed by atoms with Crippen molar-refractivity contribution in [2.24, 2.45) is 5.73 Å². The molecule has 114 valence electrons. The van der Waals surface area contributed by atoms with Gasteiger partial charge in [0.1, 0.15) is 0 Å². The summed E-state index contributed by atoms with van der Waals surface area (Å²) in [7, 11) is -3.53. The molecule has 0 aliphatic rings. The van der Waals surface area contributed by atoms with Crippen LogP contribution in [0.1, 0.15) is 18.2 Å². The lowest BCUT2D eigenvalue weighted by atomic mass is 10.2. The monoisotopic (exact) mass is 371 g/mol. The molecular weight excluding hydrogens is 354 g/mol. The van der Waals surface area contributed by atoms with E-state index in [-0.39, 0.29) is 11.4 Å². The maximum absolute atomic E-state index is 12.3. The van der Waals surface area contributed by atoms with Gasteiger partial charge in [-0.3, -0.25) is 0 Å². The highest BCUT2D eigenvalue weighted by Gasteiger charge is 2.17. The molecule has 0 saturated carbocycles. The van der Waals surface area contributed by atoms with Gasteiger partial charge in [-0.05, 0) is 30.7 Å². The number of nitrogens with two attached hydrogens (primary N) is 1. The van der Waals surface area contributed by atoms with E-state index in [2.05, 4.69) is 20.7 Å². The quantitative estimate of drug-likeness (QED) is 0.816. The van der Waals surface area contributed by atoms with Crippen LogP contribution in [0.3, 0.4) is 0 Å². The van der Waals surface area contributed by atoms with E-state index in [4.69, 9.17) is 5.73 Å². The average Bonchev–Trinajstić information content (AvgIpc) is 2.91. The molecule has 2 aromatic rings. The Morgan fingerprint density at radius 2 is 1.95 bits per heavy atom. The van der Waals surface area contributed by atoms with Gasteiger partial charge in [0.25, 0.3) is 0 Å². The van der Waals surface area contributed by atoms with Crippen molar-refractivity contribution >= 4 is 26.0 Å². The van der Waals surface area contributed by atoms with E-state index in [1.54, 1.807) is 12.3 Å². The van der Waals surface area contributed by atoms with Crippen LogP contribution in [-0.4, -0.2) is 13.0 Å². The largest absolute Gasteiger partial charge is 0.349 e. The van der Waals surface area contributed by atoms with Crippen LogP contribution in [-0.2, 0) is 29.7 Å². The highest BCUT2D eigenvalue weighted by molar-refractivity contribution is 9.10. The summed E-state index contributed by atoms with van der Waals surface area (Å²) in [5.41, 5.74) is 7.33. The molecule has 0 fully saturated rings. The van der Waals surface area contributed by atoms with Crippen LogP contribution in [0.5, 0.6) is 0 Å². The van der Waals surface area contributed by atoms with E-state index >= 15 is 0 Å². The van der Waals surface area contributed by atoms with E-state index in [0.29, 0.717) is 13.1 Å². The summed E-state index contributed by atoms with van der Waals surface area (Å²) >= 11 is 3.35. The highest BCUT2D eigenvalue weighted by atomic mass is 79.9. The molecule has 0 radical (unpaired) electrons. The van der Waals surface area contributed by atoms with Crippen molar-refractivity contribution < 1.29 is 8.42 Å². The van der Waals surface area contributed by atoms with Crippen molar-refractivity contribution in [2.45, 2.75) is 31.5 Å². The molecule has 0 unspecified atom stereocenters.